The highest BCUT2D eigenvalue weighted by Gasteiger charge is 2.22. The standard InChI is InChI=1S/C17H25NO2/c1-13-11-15(12-14-7-3-2-4-8-14)9-5-6-10-16(18)17(19)20-13/h2-4,7-8,13,15-16H,5-6,9-12,18H2,1H3/t13-,15-,16-/m0/s1. The largest absolute Gasteiger partial charge is 0.462 e. The Hall–Kier alpha value is -1.35. The Kier molecular flexibility index (Phi) is 5.60. The lowest BCUT2D eigenvalue weighted by Crippen LogP contribution is -2.35. The van der Waals surface area contributed by atoms with E-state index >= 15 is 0 Å². The van der Waals surface area contributed by atoms with Gasteiger partial charge in [0.1, 0.15) is 6.04 Å². The van der Waals surface area contributed by atoms with Crippen LogP contribution in [0.25, 0.3) is 0 Å². The lowest BCUT2D eigenvalue weighted by Gasteiger charge is -2.24. The number of carbonyl (C=O) groups excluding carboxylic acids is 1. The molecule has 1 aromatic carbocycles. The quantitative estimate of drug-likeness (QED) is 0.844. The van der Waals surface area contributed by atoms with Crippen molar-refractivity contribution in [1.29, 1.82) is 0 Å². The van der Waals surface area contributed by atoms with Crippen molar-refractivity contribution in [2.75, 3.05) is 0 Å². The Morgan fingerprint density at radius 1 is 1.20 bits per heavy atom. The molecule has 3 heteroatoms. The zero-order chi connectivity index (χ0) is 14.4. The van der Waals surface area contributed by atoms with Crippen molar-refractivity contribution in [2.24, 2.45) is 11.7 Å². The van der Waals surface area contributed by atoms with Crippen LogP contribution in [0.3, 0.4) is 0 Å². The van der Waals surface area contributed by atoms with Crippen LogP contribution in [0.5, 0.6) is 0 Å². The molecule has 2 rings (SSSR count). The molecule has 1 aliphatic rings. The summed E-state index contributed by atoms with van der Waals surface area (Å²) in [6.45, 7) is 1.98. The second-order valence-electron chi connectivity index (χ2n) is 5.93. The predicted molar refractivity (Wildman–Crippen MR) is 80.3 cm³/mol. The molecule has 0 aromatic heterocycles. The minimum Gasteiger partial charge on any atom is -0.462 e. The van der Waals surface area contributed by atoms with Crippen molar-refractivity contribution < 1.29 is 9.53 Å². The van der Waals surface area contributed by atoms with Gasteiger partial charge in [0.2, 0.25) is 0 Å². The molecule has 1 aliphatic heterocycles. The first kappa shape index (κ1) is 15.0. The molecule has 0 saturated carbocycles. The van der Waals surface area contributed by atoms with E-state index < -0.39 is 6.04 Å². The molecule has 3 atom stereocenters. The molecule has 1 heterocycles. The molecule has 0 spiro atoms. The monoisotopic (exact) mass is 275 g/mol. The zero-order valence-electron chi connectivity index (χ0n) is 12.3. The van der Waals surface area contributed by atoms with Gasteiger partial charge in [0.15, 0.2) is 0 Å². The Bertz CT molecular complexity index is 418. The van der Waals surface area contributed by atoms with Crippen molar-refractivity contribution in [2.45, 2.75) is 57.6 Å². The van der Waals surface area contributed by atoms with E-state index in [1.165, 1.54) is 12.0 Å². The summed E-state index contributed by atoms with van der Waals surface area (Å²) in [6, 6.07) is 10.1. The second kappa shape index (κ2) is 7.44. The molecule has 0 bridgehead atoms. The van der Waals surface area contributed by atoms with E-state index in [0.717, 1.165) is 32.1 Å². The fourth-order valence-corrected chi connectivity index (χ4v) is 2.97. The molecule has 110 valence electrons. The van der Waals surface area contributed by atoms with Gasteiger partial charge >= 0.3 is 5.97 Å². The van der Waals surface area contributed by atoms with Crippen molar-refractivity contribution in [1.82, 2.24) is 0 Å². The molecular formula is C17H25NO2. The van der Waals surface area contributed by atoms with Crippen LogP contribution in [-0.2, 0) is 16.0 Å². The molecule has 2 N–H and O–H groups in total. The fourth-order valence-electron chi connectivity index (χ4n) is 2.97. The number of hydrogen-bond donors (Lipinski definition) is 1. The van der Waals surface area contributed by atoms with E-state index in [1.54, 1.807) is 0 Å². The third-order valence-corrected chi connectivity index (χ3v) is 4.03. The van der Waals surface area contributed by atoms with E-state index in [2.05, 4.69) is 24.3 Å². The lowest BCUT2D eigenvalue weighted by molar-refractivity contribution is -0.151. The topological polar surface area (TPSA) is 52.3 Å². The highest BCUT2D eigenvalue weighted by atomic mass is 16.5. The average Bonchev–Trinajstić information content (AvgIpc) is 2.43. The molecule has 0 unspecified atom stereocenters. The molecule has 0 amide bonds. The third kappa shape index (κ3) is 4.64. The van der Waals surface area contributed by atoms with Gasteiger partial charge in [-0.1, -0.05) is 43.2 Å². The number of benzene rings is 1. The summed E-state index contributed by atoms with van der Waals surface area (Å²) in [7, 11) is 0. The normalized spacial score (nSPS) is 28.7. The minimum atomic E-state index is -0.442. The number of cyclic esters (lactones) is 1. The second-order valence-corrected chi connectivity index (χ2v) is 5.93. The Morgan fingerprint density at radius 2 is 1.90 bits per heavy atom. The highest BCUT2D eigenvalue weighted by molar-refractivity contribution is 5.75. The SMILES string of the molecule is C[C@H]1C[C@@H](Cc2ccccc2)CCCC[C@H](N)C(=O)O1. The van der Waals surface area contributed by atoms with Crippen molar-refractivity contribution >= 4 is 5.97 Å². The fraction of sp³-hybridized carbons (Fsp3) is 0.588. The summed E-state index contributed by atoms with van der Waals surface area (Å²) in [6.07, 6.45) is 6.02. The summed E-state index contributed by atoms with van der Waals surface area (Å²) in [5.74, 6) is 0.340. The van der Waals surface area contributed by atoms with Gasteiger partial charge in [0.05, 0.1) is 6.10 Å². The number of esters is 1. The first-order valence-electron chi connectivity index (χ1n) is 7.65. The highest BCUT2D eigenvalue weighted by Crippen LogP contribution is 2.23. The number of ether oxygens (including phenoxy) is 1. The van der Waals surface area contributed by atoms with Crippen molar-refractivity contribution in [3.63, 3.8) is 0 Å². The van der Waals surface area contributed by atoms with Crippen molar-refractivity contribution in [3.8, 4) is 0 Å². The molecule has 0 radical (unpaired) electrons. The van der Waals surface area contributed by atoms with Crippen LogP contribution in [0.1, 0.15) is 44.6 Å². The van der Waals surface area contributed by atoms with Gasteiger partial charge in [-0.2, -0.15) is 0 Å². The summed E-state index contributed by atoms with van der Waals surface area (Å²) < 4.78 is 5.44. The van der Waals surface area contributed by atoms with Gasteiger partial charge < -0.3 is 10.5 Å². The Labute approximate surface area is 121 Å². The van der Waals surface area contributed by atoms with E-state index in [1.807, 2.05) is 13.0 Å². The maximum Gasteiger partial charge on any atom is 0.323 e. The van der Waals surface area contributed by atoms with Crippen LogP contribution in [-0.4, -0.2) is 18.1 Å². The molecule has 3 nitrogen and oxygen atoms in total. The number of nitrogens with two attached hydrogens (primary N) is 1. The van der Waals surface area contributed by atoms with Gasteiger partial charge in [0, 0.05) is 0 Å². The average molecular weight is 275 g/mol. The summed E-state index contributed by atoms with van der Waals surface area (Å²) in [5.41, 5.74) is 7.18. The van der Waals surface area contributed by atoms with Gasteiger partial charge in [-0.3, -0.25) is 4.79 Å². The molecule has 0 aliphatic carbocycles. The van der Waals surface area contributed by atoms with Crippen LogP contribution < -0.4 is 5.73 Å². The van der Waals surface area contributed by atoms with E-state index in [0.29, 0.717) is 5.92 Å². The van der Waals surface area contributed by atoms with Gasteiger partial charge in [-0.25, -0.2) is 0 Å². The lowest BCUT2D eigenvalue weighted by atomic mass is 9.88. The zero-order valence-corrected chi connectivity index (χ0v) is 12.3. The number of hydrogen-bond acceptors (Lipinski definition) is 3. The van der Waals surface area contributed by atoms with E-state index in [9.17, 15) is 4.79 Å². The van der Waals surface area contributed by atoms with Crippen LogP contribution in [0.15, 0.2) is 30.3 Å². The van der Waals surface area contributed by atoms with Crippen LogP contribution in [0.2, 0.25) is 0 Å². The van der Waals surface area contributed by atoms with Crippen molar-refractivity contribution in [3.05, 3.63) is 35.9 Å². The van der Waals surface area contributed by atoms with Gasteiger partial charge in [-0.05, 0) is 44.1 Å². The van der Waals surface area contributed by atoms with Crippen LogP contribution in [0.4, 0.5) is 0 Å². The van der Waals surface area contributed by atoms with E-state index in [4.69, 9.17) is 10.5 Å². The maximum atomic E-state index is 11.8. The molecule has 1 aromatic rings. The maximum absolute atomic E-state index is 11.8. The van der Waals surface area contributed by atoms with Gasteiger partial charge in [0.25, 0.3) is 0 Å². The first-order chi connectivity index (χ1) is 9.65. The minimum absolute atomic E-state index is 0.0413. The molecule has 1 fully saturated rings. The summed E-state index contributed by atoms with van der Waals surface area (Å²) >= 11 is 0. The third-order valence-electron chi connectivity index (χ3n) is 4.03. The summed E-state index contributed by atoms with van der Waals surface area (Å²) in [5, 5.41) is 0. The van der Waals surface area contributed by atoms with Crippen LogP contribution in [0, 0.1) is 5.92 Å². The molecular weight excluding hydrogens is 250 g/mol. The Balaban J connectivity index is 1.96. The molecule has 20 heavy (non-hydrogen) atoms. The predicted octanol–water partition coefficient (Wildman–Crippen LogP) is 3.07. The first-order valence-corrected chi connectivity index (χ1v) is 7.65. The smallest absolute Gasteiger partial charge is 0.323 e. The Morgan fingerprint density at radius 3 is 2.65 bits per heavy atom. The summed E-state index contributed by atoms with van der Waals surface area (Å²) in [4.78, 5) is 11.8. The number of carbonyl (C=O) groups is 1. The van der Waals surface area contributed by atoms with E-state index in [-0.39, 0.29) is 12.1 Å². The number of rotatable bonds is 2. The molecule has 1 saturated heterocycles. The van der Waals surface area contributed by atoms with Gasteiger partial charge in [-0.15, -0.1) is 0 Å². The van der Waals surface area contributed by atoms with Crippen LogP contribution >= 0.6 is 0 Å².